The van der Waals surface area contributed by atoms with E-state index in [1.165, 1.54) is 6.07 Å². The monoisotopic (exact) mass is 307 g/mol. The molecule has 0 heterocycles. The first-order valence-corrected chi connectivity index (χ1v) is 6.78. The van der Waals surface area contributed by atoms with E-state index in [2.05, 4.69) is 5.32 Å². The number of rotatable bonds is 4. The lowest BCUT2D eigenvalue weighted by atomic mass is 10.2. The van der Waals surface area contributed by atoms with Crippen molar-refractivity contribution in [2.75, 3.05) is 11.9 Å². The van der Waals surface area contributed by atoms with Gasteiger partial charge >= 0.3 is 0 Å². The molecule has 0 unspecified atom stereocenters. The van der Waals surface area contributed by atoms with Gasteiger partial charge in [-0.3, -0.25) is 4.79 Å². The summed E-state index contributed by atoms with van der Waals surface area (Å²) in [7, 11) is 0. The minimum atomic E-state index is -0.359. The lowest BCUT2D eigenvalue weighted by Crippen LogP contribution is -2.20. The van der Waals surface area contributed by atoms with Crippen molar-refractivity contribution < 1.29 is 13.9 Å². The number of amides is 1. The largest absolute Gasteiger partial charge is 0.484 e. The van der Waals surface area contributed by atoms with Crippen molar-refractivity contribution in [3.63, 3.8) is 0 Å². The Hall–Kier alpha value is -2.07. The SMILES string of the molecule is Cc1ccc(NC(=O)COc2ccc(Cl)c(C)c2)cc1F. The minimum Gasteiger partial charge on any atom is -0.484 e. The second-order valence-electron chi connectivity index (χ2n) is 4.71. The summed E-state index contributed by atoms with van der Waals surface area (Å²) >= 11 is 5.91. The van der Waals surface area contributed by atoms with Crippen LogP contribution in [0.4, 0.5) is 10.1 Å². The number of nitrogens with one attached hydrogen (secondary N) is 1. The molecule has 2 aromatic rings. The molecule has 0 bridgehead atoms. The Morgan fingerprint density at radius 3 is 2.62 bits per heavy atom. The Bertz CT molecular complexity index is 673. The average molecular weight is 308 g/mol. The average Bonchev–Trinajstić information content (AvgIpc) is 2.44. The molecular formula is C16H15ClFNO2. The molecule has 1 amide bonds. The van der Waals surface area contributed by atoms with Crippen molar-refractivity contribution in [2.24, 2.45) is 0 Å². The number of hydrogen-bond donors (Lipinski definition) is 1. The second kappa shape index (κ2) is 6.59. The molecule has 0 aliphatic carbocycles. The number of hydrogen-bond acceptors (Lipinski definition) is 2. The maximum Gasteiger partial charge on any atom is 0.262 e. The first-order valence-electron chi connectivity index (χ1n) is 6.40. The molecule has 0 aromatic heterocycles. The molecule has 2 rings (SSSR count). The fraction of sp³-hybridized carbons (Fsp3) is 0.188. The lowest BCUT2D eigenvalue weighted by Gasteiger charge is -2.09. The van der Waals surface area contributed by atoms with Crippen LogP contribution in [0, 0.1) is 19.7 Å². The van der Waals surface area contributed by atoms with Gasteiger partial charge in [-0.2, -0.15) is 0 Å². The van der Waals surface area contributed by atoms with Crippen LogP contribution in [-0.4, -0.2) is 12.5 Å². The zero-order valence-corrected chi connectivity index (χ0v) is 12.5. The summed E-state index contributed by atoms with van der Waals surface area (Å²) in [6, 6.07) is 9.67. The number of aryl methyl sites for hydroxylation is 2. The van der Waals surface area contributed by atoms with E-state index < -0.39 is 0 Å². The molecule has 2 aromatic carbocycles. The second-order valence-corrected chi connectivity index (χ2v) is 5.12. The summed E-state index contributed by atoms with van der Waals surface area (Å²) in [4.78, 5) is 11.7. The van der Waals surface area contributed by atoms with Gasteiger partial charge in [0.05, 0.1) is 0 Å². The molecular weight excluding hydrogens is 293 g/mol. The number of carbonyl (C=O) groups excluding carboxylic acids is 1. The molecule has 21 heavy (non-hydrogen) atoms. The highest BCUT2D eigenvalue weighted by atomic mass is 35.5. The molecule has 0 saturated carbocycles. The number of ether oxygens (including phenoxy) is 1. The summed E-state index contributed by atoms with van der Waals surface area (Å²) in [6.07, 6.45) is 0. The van der Waals surface area contributed by atoms with Gasteiger partial charge < -0.3 is 10.1 Å². The molecule has 0 atom stereocenters. The van der Waals surface area contributed by atoms with Crippen LogP contribution in [0.1, 0.15) is 11.1 Å². The Balaban J connectivity index is 1.92. The third-order valence-electron chi connectivity index (χ3n) is 2.95. The predicted molar refractivity (Wildman–Crippen MR) is 81.5 cm³/mol. The van der Waals surface area contributed by atoms with Crippen LogP contribution in [0.3, 0.4) is 0 Å². The summed E-state index contributed by atoms with van der Waals surface area (Å²) in [5, 5.41) is 3.22. The van der Waals surface area contributed by atoms with E-state index in [4.69, 9.17) is 16.3 Å². The normalized spacial score (nSPS) is 10.3. The van der Waals surface area contributed by atoms with E-state index in [1.807, 2.05) is 6.92 Å². The van der Waals surface area contributed by atoms with Crippen molar-refractivity contribution in [1.29, 1.82) is 0 Å². The maximum atomic E-state index is 13.4. The van der Waals surface area contributed by atoms with E-state index in [1.54, 1.807) is 37.3 Å². The molecule has 0 spiro atoms. The van der Waals surface area contributed by atoms with Gasteiger partial charge in [0.25, 0.3) is 5.91 Å². The summed E-state index contributed by atoms with van der Waals surface area (Å²) < 4.78 is 18.7. The third-order valence-corrected chi connectivity index (χ3v) is 3.38. The van der Waals surface area contributed by atoms with Crippen molar-refractivity contribution in [3.8, 4) is 5.75 Å². The van der Waals surface area contributed by atoms with Gasteiger partial charge in [-0.1, -0.05) is 17.7 Å². The van der Waals surface area contributed by atoms with Gasteiger partial charge in [-0.05, 0) is 55.3 Å². The Kier molecular flexibility index (Phi) is 4.81. The maximum absolute atomic E-state index is 13.4. The van der Waals surface area contributed by atoms with Gasteiger partial charge in [0, 0.05) is 10.7 Å². The summed E-state index contributed by atoms with van der Waals surface area (Å²) in [6.45, 7) is 3.35. The lowest BCUT2D eigenvalue weighted by molar-refractivity contribution is -0.118. The predicted octanol–water partition coefficient (Wildman–Crippen LogP) is 4.11. The van der Waals surface area contributed by atoms with E-state index >= 15 is 0 Å². The fourth-order valence-corrected chi connectivity index (χ4v) is 1.84. The van der Waals surface area contributed by atoms with Crippen molar-refractivity contribution >= 4 is 23.2 Å². The van der Waals surface area contributed by atoms with Crippen molar-refractivity contribution in [2.45, 2.75) is 13.8 Å². The highest BCUT2D eigenvalue weighted by Crippen LogP contribution is 2.21. The van der Waals surface area contributed by atoms with Gasteiger partial charge in [0.15, 0.2) is 6.61 Å². The molecule has 0 aliphatic heterocycles. The fourth-order valence-electron chi connectivity index (χ4n) is 1.72. The molecule has 0 radical (unpaired) electrons. The van der Waals surface area contributed by atoms with Crippen LogP contribution >= 0.6 is 11.6 Å². The summed E-state index contributed by atoms with van der Waals surface area (Å²) in [5.41, 5.74) is 1.80. The smallest absolute Gasteiger partial charge is 0.262 e. The number of halogens is 2. The minimum absolute atomic E-state index is 0.156. The van der Waals surface area contributed by atoms with Crippen LogP contribution in [0.5, 0.6) is 5.75 Å². The number of anilines is 1. The summed E-state index contributed by atoms with van der Waals surface area (Å²) in [5.74, 6) is -0.157. The van der Waals surface area contributed by atoms with Crippen LogP contribution in [0.2, 0.25) is 5.02 Å². The highest BCUT2D eigenvalue weighted by molar-refractivity contribution is 6.31. The Morgan fingerprint density at radius 2 is 1.95 bits per heavy atom. The molecule has 0 saturated heterocycles. The zero-order chi connectivity index (χ0) is 15.4. The van der Waals surface area contributed by atoms with Crippen LogP contribution < -0.4 is 10.1 Å². The Morgan fingerprint density at radius 1 is 1.19 bits per heavy atom. The van der Waals surface area contributed by atoms with E-state index in [0.29, 0.717) is 22.0 Å². The van der Waals surface area contributed by atoms with Crippen LogP contribution in [0.15, 0.2) is 36.4 Å². The Labute approximate surface area is 127 Å². The quantitative estimate of drug-likeness (QED) is 0.923. The first kappa shape index (κ1) is 15.3. The molecule has 0 aliphatic rings. The molecule has 0 fully saturated rings. The van der Waals surface area contributed by atoms with Crippen LogP contribution in [0.25, 0.3) is 0 Å². The van der Waals surface area contributed by atoms with Gasteiger partial charge in [-0.25, -0.2) is 4.39 Å². The molecule has 3 nitrogen and oxygen atoms in total. The molecule has 110 valence electrons. The van der Waals surface area contributed by atoms with Gasteiger partial charge in [0.2, 0.25) is 0 Å². The van der Waals surface area contributed by atoms with E-state index in [0.717, 1.165) is 5.56 Å². The zero-order valence-electron chi connectivity index (χ0n) is 11.7. The molecule has 5 heteroatoms. The number of carbonyl (C=O) groups is 1. The third kappa shape index (κ3) is 4.20. The standard InChI is InChI=1S/C16H15ClFNO2/c1-10-3-4-12(8-15(10)18)19-16(20)9-21-13-5-6-14(17)11(2)7-13/h3-8H,9H2,1-2H3,(H,19,20). The highest BCUT2D eigenvalue weighted by Gasteiger charge is 2.06. The topological polar surface area (TPSA) is 38.3 Å². The van der Waals surface area contributed by atoms with Crippen LogP contribution in [-0.2, 0) is 4.79 Å². The number of benzene rings is 2. The van der Waals surface area contributed by atoms with Crippen molar-refractivity contribution in [3.05, 3.63) is 58.4 Å². The van der Waals surface area contributed by atoms with E-state index in [-0.39, 0.29) is 18.3 Å². The van der Waals surface area contributed by atoms with Gasteiger partial charge in [-0.15, -0.1) is 0 Å². The molecule has 1 N–H and O–H groups in total. The first-order chi connectivity index (χ1) is 9.95. The van der Waals surface area contributed by atoms with E-state index in [9.17, 15) is 9.18 Å². The van der Waals surface area contributed by atoms with Gasteiger partial charge in [0.1, 0.15) is 11.6 Å². The van der Waals surface area contributed by atoms with Crippen molar-refractivity contribution in [1.82, 2.24) is 0 Å².